The summed E-state index contributed by atoms with van der Waals surface area (Å²) >= 11 is 0. The van der Waals surface area contributed by atoms with Crippen LogP contribution < -0.4 is 10.6 Å². The fraction of sp³-hybridized carbons (Fsp3) is 0.462. The van der Waals surface area contributed by atoms with Gasteiger partial charge in [-0.3, -0.25) is 5.32 Å². The van der Waals surface area contributed by atoms with Gasteiger partial charge < -0.3 is 10.1 Å². The Morgan fingerprint density at radius 3 is 2.89 bits per heavy atom. The van der Waals surface area contributed by atoms with Crippen molar-refractivity contribution in [2.75, 3.05) is 25.0 Å². The van der Waals surface area contributed by atoms with Gasteiger partial charge in [0.15, 0.2) is 0 Å². The van der Waals surface area contributed by atoms with Gasteiger partial charge in [-0.25, -0.2) is 9.18 Å². The highest BCUT2D eigenvalue weighted by atomic mass is 19.1. The Morgan fingerprint density at radius 1 is 1.44 bits per heavy atom. The van der Waals surface area contributed by atoms with Gasteiger partial charge in [-0.1, -0.05) is 0 Å². The van der Waals surface area contributed by atoms with E-state index in [1.165, 1.54) is 24.3 Å². The normalized spacial score (nSPS) is 18.6. The highest BCUT2D eigenvalue weighted by molar-refractivity contribution is 5.84. The SMILES string of the molecule is O=C(Nc1ccc(F)cc1)OCCC1CCNC1. The molecule has 5 heteroatoms. The minimum atomic E-state index is -0.493. The molecule has 0 aromatic heterocycles. The number of benzene rings is 1. The molecular weight excluding hydrogens is 235 g/mol. The van der Waals surface area contributed by atoms with E-state index < -0.39 is 6.09 Å². The summed E-state index contributed by atoms with van der Waals surface area (Å²) in [7, 11) is 0. The van der Waals surface area contributed by atoms with Crippen LogP contribution in [0.3, 0.4) is 0 Å². The van der Waals surface area contributed by atoms with Gasteiger partial charge in [0.2, 0.25) is 0 Å². The number of halogens is 1. The van der Waals surface area contributed by atoms with Gasteiger partial charge in [-0.2, -0.15) is 0 Å². The summed E-state index contributed by atoms with van der Waals surface area (Å²) in [6, 6.07) is 5.58. The molecule has 0 radical (unpaired) electrons. The van der Waals surface area contributed by atoms with Crippen LogP contribution in [0.1, 0.15) is 12.8 Å². The van der Waals surface area contributed by atoms with Crippen molar-refractivity contribution in [3.8, 4) is 0 Å². The van der Waals surface area contributed by atoms with Crippen LogP contribution in [-0.2, 0) is 4.74 Å². The fourth-order valence-electron chi connectivity index (χ4n) is 1.97. The second-order valence-electron chi connectivity index (χ2n) is 4.42. The van der Waals surface area contributed by atoms with Crippen molar-refractivity contribution in [2.45, 2.75) is 12.8 Å². The summed E-state index contributed by atoms with van der Waals surface area (Å²) in [4.78, 5) is 11.4. The number of carbonyl (C=O) groups is 1. The van der Waals surface area contributed by atoms with E-state index >= 15 is 0 Å². The second kappa shape index (κ2) is 6.35. The van der Waals surface area contributed by atoms with Crippen LogP contribution in [0.5, 0.6) is 0 Å². The molecule has 1 aromatic carbocycles. The van der Waals surface area contributed by atoms with Crippen LogP contribution in [0, 0.1) is 11.7 Å². The molecule has 1 atom stereocenters. The lowest BCUT2D eigenvalue weighted by atomic mass is 10.1. The Hall–Kier alpha value is -1.62. The fourth-order valence-corrected chi connectivity index (χ4v) is 1.97. The van der Waals surface area contributed by atoms with Crippen LogP contribution in [-0.4, -0.2) is 25.8 Å². The molecule has 1 fully saturated rings. The van der Waals surface area contributed by atoms with E-state index in [1.807, 2.05) is 0 Å². The number of rotatable bonds is 4. The van der Waals surface area contributed by atoms with Gasteiger partial charge in [0.1, 0.15) is 5.82 Å². The van der Waals surface area contributed by atoms with Crippen LogP contribution in [0.4, 0.5) is 14.9 Å². The Kier molecular flexibility index (Phi) is 4.52. The standard InChI is InChI=1S/C13H17FN2O2/c14-11-1-3-12(4-2-11)16-13(17)18-8-6-10-5-7-15-9-10/h1-4,10,15H,5-9H2,(H,16,17). The minimum Gasteiger partial charge on any atom is -0.449 e. The van der Waals surface area contributed by atoms with Crippen molar-refractivity contribution in [3.63, 3.8) is 0 Å². The maximum atomic E-state index is 12.6. The molecule has 1 amide bonds. The van der Waals surface area contributed by atoms with Crippen molar-refractivity contribution >= 4 is 11.8 Å². The highest BCUT2D eigenvalue weighted by Gasteiger charge is 2.14. The van der Waals surface area contributed by atoms with E-state index in [0.29, 0.717) is 18.2 Å². The first kappa shape index (κ1) is 12.8. The topological polar surface area (TPSA) is 50.4 Å². The molecule has 0 spiro atoms. The van der Waals surface area contributed by atoms with Crippen molar-refractivity contribution < 1.29 is 13.9 Å². The van der Waals surface area contributed by atoms with Crippen LogP contribution in [0.25, 0.3) is 0 Å². The van der Waals surface area contributed by atoms with E-state index in [-0.39, 0.29) is 5.82 Å². The Balaban J connectivity index is 1.66. The Bertz CT molecular complexity index is 388. The molecule has 2 rings (SSSR count). The number of nitrogens with one attached hydrogen (secondary N) is 2. The summed E-state index contributed by atoms with van der Waals surface area (Å²) in [6.45, 7) is 2.47. The lowest BCUT2D eigenvalue weighted by Gasteiger charge is -2.09. The molecule has 1 aliphatic rings. The van der Waals surface area contributed by atoms with E-state index in [4.69, 9.17) is 4.74 Å². The first-order chi connectivity index (χ1) is 8.74. The molecule has 98 valence electrons. The Labute approximate surface area is 106 Å². The van der Waals surface area contributed by atoms with Crippen molar-refractivity contribution in [1.82, 2.24) is 5.32 Å². The number of hydrogen-bond donors (Lipinski definition) is 2. The number of ether oxygens (including phenoxy) is 1. The zero-order valence-electron chi connectivity index (χ0n) is 10.1. The van der Waals surface area contributed by atoms with E-state index in [2.05, 4.69) is 10.6 Å². The summed E-state index contributed by atoms with van der Waals surface area (Å²) in [6.07, 6.45) is 1.53. The van der Waals surface area contributed by atoms with Crippen molar-refractivity contribution in [3.05, 3.63) is 30.1 Å². The molecule has 1 aliphatic heterocycles. The number of amides is 1. The average Bonchev–Trinajstić information content (AvgIpc) is 2.85. The minimum absolute atomic E-state index is 0.331. The maximum Gasteiger partial charge on any atom is 0.411 e. The largest absolute Gasteiger partial charge is 0.449 e. The van der Waals surface area contributed by atoms with Crippen LogP contribution in [0.15, 0.2) is 24.3 Å². The Morgan fingerprint density at radius 2 is 2.22 bits per heavy atom. The quantitative estimate of drug-likeness (QED) is 0.865. The maximum absolute atomic E-state index is 12.6. The molecule has 0 aliphatic carbocycles. The monoisotopic (exact) mass is 252 g/mol. The van der Waals surface area contributed by atoms with Crippen molar-refractivity contribution in [2.24, 2.45) is 5.92 Å². The average molecular weight is 252 g/mol. The first-order valence-corrected chi connectivity index (χ1v) is 6.14. The van der Waals surface area contributed by atoms with Crippen LogP contribution in [0.2, 0.25) is 0 Å². The van der Waals surface area contributed by atoms with Gasteiger partial charge in [-0.05, 0) is 56.1 Å². The molecule has 0 saturated carbocycles. The second-order valence-corrected chi connectivity index (χ2v) is 4.42. The predicted octanol–water partition coefficient (Wildman–Crippen LogP) is 2.37. The molecule has 1 heterocycles. The van der Waals surface area contributed by atoms with Gasteiger partial charge in [0, 0.05) is 5.69 Å². The van der Waals surface area contributed by atoms with E-state index in [0.717, 1.165) is 25.9 Å². The molecule has 1 aromatic rings. The smallest absolute Gasteiger partial charge is 0.411 e. The van der Waals surface area contributed by atoms with Gasteiger partial charge in [-0.15, -0.1) is 0 Å². The summed E-state index contributed by atoms with van der Waals surface area (Å²) < 4.78 is 17.7. The molecule has 1 unspecified atom stereocenters. The summed E-state index contributed by atoms with van der Waals surface area (Å²) in [5.74, 6) is 0.270. The number of carbonyl (C=O) groups excluding carboxylic acids is 1. The highest BCUT2D eigenvalue weighted by Crippen LogP contribution is 2.12. The van der Waals surface area contributed by atoms with E-state index in [9.17, 15) is 9.18 Å². The van der Waals surface area contributed by atoms with Gasteiger partial charge in [0.05, 0.1) is 6.61 Å². The molecule has 18 heavy (non-hydrogen) atoms. The molecule has 1 saturated heterocycles. The zero-order valence-corrected chi connectivity index (χ0v) is 10.1. The summed E-state index contributed by atoms with van der Waals surface area (Å²) in [5.41, 5.74) is 0.531. The third kappa shape index (κ3) is 4.00. The van der Waals surface area contributed by atoms with Crippen LogP contribution >= 0.6 is 0 Å². The lowest BCUT2D eigenvalue weighted by molar-refractivity contribution is 0.154. The number of anilines is 1. The third-order valence-corrected chi connectivity index (χ3v) is 3.01. The van der Waals surface area contributed by atoms with Crippen molar-refractivity contribution in [1.29, 1.82) is 0 Å². The lowest BCUT2D eigenvalue weighted by Crippen LogP contribution is -2.17. The molecule has 2 N–H and O–H groups in total. The molecule has 0 bridgehead atoms. The molecule has 4 nitrogen and oxygen atoms in total. The predicted molar refractivity (Wildman–Crippen MR) is 67.0 cm³/mol. The molecular formula is C13H17FN2O2. The van der Waals surface area contributed by atoms with E-state index in [1.54, 1.807) is 0 Å². The van der Waals surface area contributed by atoms with Gasteiger partial charge in [0.25, 0.3) is 0 Å². The summed E-state index contributed by atoms with van der Waals surface area (Å²) in [5, 5.41) is 5.82. The first-order valence-electron chi connectivity index (χ1n) is 6.14. The zero-order chi connectivity index (χ0) is 12.8. The number of hydrogen-bond acceptors (Lipinski definition) is 3. The van der Waals surface area contributed by atoms with Gasteiger partial charge >= 0.3 is 6.09 Å². The third-order valence-electron chi connectivity index (χ3n) is 3.01.